The molecule has 7 heterocycles. The highest BCUT2D eigenvalue weighted by atomic mass is 19.1. The molecular weight excluding hydrogens is 1700 g/mol. The lowest BCUT2D eigenvalue weighted by Gasteiger charge is -2.42. The standard InChI is InChI=1S/C27H29NO10.C22H25N7O5.C19H20N8O5.C15H22FN3O6/c1-10-22(30)14(28)7-17(37-10)38-16-9-27(35,11(2)29)8-13-19(16)26(34)21-20(24(13)32)23(31)12-5-4-6-15(36-3)18(12)25(21)33;1-2-11(9-14-10-25-19-17(26-14)18(23)28-22(24)29-19)12-3-5-13(6-4-12)20(32)27-15(21(33)34)7-8-16(30)31;20-15-14-16(27-19(21)26-15)23-8-11(24-14)7-22-10-3-1-9(2-4-10)17(30)25-12(18(31)32)5-6-13(28)29;1-3-4-5-6-24-15(23)18-12-9(16)7-19(14(22)17-12)13-11(21)10(20)8(2)25-13/h4-6,10,14,16-17,22,30,32,34-35H,7-9,28H2,1-3H3;3-6,10-11,15H,2,7-9H2,1H3,(H,27,32)(H,30,31)(H,33,34)(H4,23,24,25,28,29);1-4,8,12,22H,5-7H2,(H,25,30)(H,28,29)(H,31,32)(H4,20,21,23,26,27);7-8,10-11,13,20-21H,3-6H2,1-2H3,(H,17,18,22,23)/t10-,14-,16-,17-,22+,27-;11?,15-;;8-,10-,11-,13-/m00.1/s1. The van der Waals surface area contributed by atoms with Crippen LogP contribution in [0.25, 0.3) is 22.3 Å². The highest BCUT2D eigenvalue weighted by Crippen LogP contribution is 2.53. The number of aromatic hydroxyl groups is 2. The number of ether oxygens (including phenoxy) is 5. The molecule has 45 nitrogen and oxygen atoms in total. The molecule has 2 aliphatic carbocycles. The Hall–Kier alpha value is -14.3. The Kier molecular flexibility index (Phi) is 31.8. The number of Topliss-reactive ketones (excluding diaryl/α,β-unsaturated/α-hetero) is 1. The van der Waals surface area contributed by atoms with Gasteiger partial charge in [0, 0.05) is 71.7 Å². The van der Waals surface area contributed by atoms with Crippen LogP contribution in [-0.4, -0.2) is 234 Å². The summed E-state index contributed by atoms with van der Waals surface area (Å²) in [7, 11) is 1.34. The number of phenols is 2. The molecule has 9 aromatic rings. The van der Waals surface area contributed by atoms with Crippen LogP contribution < -0.4 is 60.2 Å². The number of anilines is 5. The largest absolute Gasteiger partial charge is 0.507 e. The Bertz CT molecular complexity index is 5860. The van der Waals surface area contributed by atoms with Crippen LogP contribution in [0.4, 0.5) is 38.3 Å². The summed E-state index contributed by atoms with van der Waals surface area (Å²) >= 11 is 0. The number of aliphatic hydroxyl groups excluding tert-OH is 3. The van der Waals surface area contributed by atoms with E-state index in [1.54, 1.807) is 49.5 Å². The number of H-pyrrole nitrogens is 1. The number of rotatable bonds is 29. The van der Waals surface area contributed by atoms with Gasteiger partial charge in [-0.1, -0.05) is 51.0 Å². The molecule has 5 aromatic heterocycles. The molecule has 0 spiro atoms. The highest BCUT2D eigenvalue weighted by Gasteiger charge is 2.50. The normalized spacial score (nSPS) is 20.2. The number of nitrogen functional groups attached to an aromatic ring is 3. The van der Waals surface area contributed by atoms with Gasteiger partial charge in [0.25, 0.3) is 11.8 Å². The molecule has 129 heavy (non-hydrogen) atoms. The second-order valence-corrected chi connectivity index (χ2v) is 30.4. The van der Waals surface area contributed by atoms with E-state index < -0.39 is 178 Å². The van der Waals surface area contributed by atoms with E-state index in [0.717, 1.165) is 35.6 Å². The van der Waals surface area contributed by atoms with E-state index in [-0.39, 0.29) is 125 Å². The maximum Gasteiger partial charge on any atom is 0.412 e. The Morgan fingerprint density at radius 3 is 1.90 bits per heavy atom. The summed E-state index contributed by atoms with van der Waals surface area (Å²) in [5.74, 6) is -10.4. The number of methoxy groups -OCH3 is 1. The fourth-order valence-electron chi connectivity index (χ4n) is 14.4. The number of benzene rings is 4. The number of nitrogens with zero attached hydrogens (tertiary/aromatic N) is 9. The fourth-order valence-corrected chi connectivity index (χ4v) is 14.4. The van der Waals surface area contributed by atoms with Gasteiger partial charge < -0.3 is 119 Å². The van der Waals surface area contributed by atoms with E-state index in [9.17, 15) is 92.9 Å². The number of carbonyl (C=O) groups is 10. The molecule has 2 saturated heterocycles. The maximum atomic E-state index is 14.1. The average Bonchev–Trinajstić information content (AvgIpc) is 1.02. The first kappa shape index (κ1) is 96.9. The number of unbranched alkanes of at least 4 members (excludes halogenated alkanes) is 2. The third kappa shape index (κ3) is 23.3. The van der Waals surface area contributed by atoms with Crippen LogP contribution >= 0.6 is 0 Å². The van der Waals surface area contributed by atoms with E-state index in [0.29, 0.717) is 47.5 Å². The SMILES string of the molecule is CCC(Cc1cnc2nc(=N)[nH]c(N)c2n1)c1ccc(C(=O)N[C@@H](CCC(=O)O)C(=O)O)cc1.CCCCCOC(=O)Nc1nc(=O)n([C@@H]2O[C@H](C)[C@@H](O)[C@H]2O)cc1F.COc1cccc2c1C(=O)c1c(O)c3c(c(O)c1C2=O)C[C@@](O)(C(C)=O)C[C@@H]3O[C@H]1C[C@H](N)[C@H](O)[C@H](C)O1.Nc1nc(N)c2nc(CNc3ccc(C(=O)NC(CCC(=O)O)C(=O)O)cc3)cnc2n1. The van der Waals surface area contributed by atoms with Gasteiger partial charge in [-0.25, -0.2) is 43.5 Å². The summed E-state index contributed by atoms with van der Waals surface area (Å²) in [6, 6.07) is 14.2. The number of fused-ring (bicyclic) bond motifs is 5. The van der Waals surface area contributed by atoms with Crippen LogP contribution in [-0.2, 0) is 62.3 Å². The first-order valence-electron chi connectivity index (χ1n) is 40.3. The molecule has 3 amide bonds. The van der Waals surface area contributed by atoms with Crippen molar-refractivity contribution in [3.8, 4) is 17.2 Å². The molecule has 4 aliphatic rings. The number of carbonyl (C=O) groups excluding carboxylic acids is 6. The number of carboxylic acid groups (broad SMARTS) is 4. The molecule has 0 saturated carbocycles. The molecule has 13 rings (SSSR count). The molecule has 2 fully saturated rings. The summed E-state index contributed by atoms with van der Waals surface area (Å²) in [5.41, 5.74) is 23.9. The van der Waals surface area contributed by atoms with Crippen LogP contribution in [0, 0.1) is 11.2 Å². The minimum absolute atomic E-state index is 0.0101. The zero-order valence-electron chi connectivity index (χ0n) is 70.1. The minimum atomic E-state index is -2.00. The van der Waals surface area contributed by atoms with Crippen molar-refractivity contribution in [1.29, 1.82) is 5.41 Å². The first-order chi connectivity index (χ1) is 61.1. The van der Waals surface area contributed by atoms with Crippen molar-refractivity contribution < 1.29 is 127 Å². The van der Waals surface area contributed by atoms with Crippen molar-refractivity contribution in [2.24, 2.45) is 5.73 Å². The molecule has 0 radical (unpaired) electrons. The molecule has 2 unspecified atom stereocenters. The van der Waals surface area contributed by atoms with E-state index in [1.165, 1.54) is 57.5 Å². The number of aliphatic carboxylic acids is 4. The second-order valence-electron chi connectivity index (χ2n) is 30.4. The van der Waals surface area contributed by atoms with Crippen LogP contribution in [0.3, 0.4) is 0 Å². The van der Waals surface area contributed by atoms with Crippen molar-refractivity contribution >= 4 is 111 Å². The lowest BCUT2D eigenvalue weighted by atomic mass is 9.72. The number of hydrogen-bond acceptors (Lipinski definition) is 36. The van der Waals surface area contributed by atoms with Crippen LogP contribution in [0.1, 0.15) is 198 Å². The average molecular weight is 1790 g/mol. The van der Waals surface area contributed by atoms with Gasteiger partial charge in [-0.3, -0.25) is 48.9 Å². The number of aliphatic hydroxyl groups is 4. The summed E-state index contributed by atoms with van der Waals surface area (Å²) in [6.07, 6.45) is -3.48. The van der Waals surface area contributed by atoms with Crippen LogP contribution in [0.15, 0.2) is 90.1 Å². The smallest absolute Gasteiger partial charge is 0.412 e. The van der Waals surface area contributed by atoms with Crippen molar-refractivity contribution in [2.75, 3.05) is 41.6 Å². The third-order valence-electron chi connectivity index (χ3n) is 21.4. The van der Waals surface area contributed by atoms with E-state index in [2.05, 4.69) is 66.1 Å². The Labute approximate surface area is 730 Å². The number of halogens is 1. The quantitative estimate of drug-likeness (QED) is 0.0236. The number of amides is 3. The molecule has 24 N–H and O–H groups in total. The summed E-state index contributed by atoms with van der Waals surface area (Å²) < 4.78 is 42.0. The van der Waals surface area contributed by atoms with Crippen molar-refractivity contribution in [3.05, 3.63) is 169 Å². The molecule has 686 valence electrons. The number of ketones is 3. The maximum absolute atomic E-state index is 14.1. The molecule has 4 aromatic carbocycles. The number of aromatic nitrogens is 10. The Balaban J connectivity index is 0.000000181. The summed E-state index contributed by atoms with van der Waals surface area (Å²) in [5, 5.41) is 117. The molecular formula is C83H96FN19O26. The lowest BCUT2D eigenvalue weighted by molar-refractivity contribution is -0.247. The predicted molar refractivity (Wildman–Crippen MR) is 449 cm³/mol. The second kappa shape index (κ2) is 42.3. The lowest BCUT2D eigenvalue weighted by Crippen LogP contribution is -2.52. The van der Waals surface area contributed by atoms with E-state index in [4.69, 9.17) is 67.3 Å². The van der Waals surface area contributed by atoms with Crippen molar-refractivity contribution in [1.82, 2.24) is 60.1 Å². The fraction of sp³-hybridized carbons (Fsp3) is 0.398. The zero-order valence-corrected chi connectivity index (χ0v) is 70.1. The van der Waals surface area contributed by atoms with Gasteiger partial charge in [-0.2, -0.15) is 19.9 Å². The van der Waals surface area contributed by atoms with Gasteiger partial charge in [0.15, 0.2) is 58.3 Å². The predicted octanol–water partition coefficient (Wildman–Crippen LogP) is 3.23. The van der Waals surface area contributed by atoms with Crippen molar-refractivity contribution in [2.45, 2.75) is 197 Å². The molecule has 46 heteroatoms. The summed E-state index contributed by atoms with van der Waals surface area (Å²) in [6.45, 7) is 8.79. The van der Waals surface area contributed by atoms with E-state index >= 15 is 0 Å². The third-order valence-corrected chi connectivity index (χ3v) is 21.4. The van der Waals surface area contributed by atoms with Crippen LogP contribution in [0.2, 0.25) is 0 Å². The molecule has 2 aliphatic heterocycles. The molecule has 0 bridgehead atoms. The number of carboxylic acids is 4. The van der Waals surface area contributed by atoms with Gasteiger partial charge >= 0.3 is 35.7 Å². The van der Waals surface area contributed by atoms with Gasteiger partial charge in [-0.05, 0) is 107 Å². The Morgan fingerprint density at radius 1 is 0.729 bits per heavy atom. The topological polar surface area (TPSA) is 736 Å². The minimum Gasteiger partial charge on any atom is -0.507 e. The number of nitrogens with two attached hydrogens (primary N) is 4. The summed E-state index contributed by atoms with van der Waals surface area (Å²) in [4.78, 5) is 167. The number of aromatic amines is 1. The Morgan fingerprint density at radius 2 is 1.33 bits per heavy atom. The van der Waals surface area contributed by atoms with Gasteiger partial charge in [-0.15, -0.1) is 0 Å². The van der Waals surface area contributed by atoms with Gasteiger partial charge in [0.1, 0.15) is 58.5 Å². The van der Waals surface area contributed by atoms with Gasteiger partial charge in [0.2, 0.25) is 17.3 Å². The molecule has 13 atom stereocenters. The first-order valence-corrected chi connectivity index (χ1v) is 40.3. The zero-order chi connectivity index (χ0) is 94.3. The van der Waals surface area contributed by atoms with E-state index in [1.807, 2.05) is 13.8 Å². The number of phenolic OH excluding ortho intramolecular Hbond substituents is 2. The van der Waals surface area contributed by atoms with Gasteiger partial charge in [0.05, 0.1) is 91.3 Å². The monoisotopic (exact) mass is 1790 g/mol. The van der Waals surface area contributed by atoms with Crippen LogP contribution in [0.5, 0.6) is 17.2 Å². The highest BCUT2D eigenvalue weighted by molar-refractivity contribution is 6.31. The number of nitrogens with one attached hydrogen (secondary N) is 6. The number of hydrogen-bond donors (Lipinski definition) is 20. The van der Waals surface area contributed by atoms with Crippen molar-refractivity contribution in [3.63, 3.8) is 0 Å².